The average Bonchev–Trinajstić information content (AvgIpc) is 3.80. The summed E-state index contributed by atoms with van der Waals surface area (Å²) in [6, 6.07) is 31.3. The first kappa shape index (κ1) is 26.0. The van der Waals surface area contributed by atoms with Crippen molar-refractivity contribution >= 4 is 22.6 Å². The molecule has 1 spiro atoms. The van der Waals surface area contributed by atoms with E-state index in [2.05, 4.69) is 135 Å². The minimum Gasteiger partial charge on any atom is -0.461 e. The van der Waals surface area contributed by atoms with Gasteiger partial charge in [-0.15, -0.1) is 11.3 Å². The Bertz CT molecular complexity index is 2000. The lowest BCUT2D eigenvalue weighted by Crippen LogP contribution is -2.36. The first-order valence-corrected chi connectivity index (χ1v) is 16.6. The van der Waals surface area contributed by atoms with Crippen LogP contribution in [-0.4, -0.2) is 5.71 Å². The summed E-state index contributed by atoms with van der Waals surface area (Å²) in [5, 5.41) is 0. The van der Waals surface area contributed by atoms with Gasteiger partial charge in [0.25, 0.3) is 0 Å². The molecule has 44 heavy (non-hydrogen) atoms. The molecule has 0 saturated carbocycles. The van der Waals surface area contributed by atoms with E-state index in [-0.39, 0.29) is 6.04 Å². The zero-order valence-electron chi connectivity index (χ0n) is 25.0. The number of aliphatic imine (C=N–C) groups is 1. The van der Waals surface area contributed by atoms with Crippen LogP contribution in [0, 0.1) is 11.8 Å². The average molecular weight is 588 g/mol. The van der Waals surface area contributed by atoms with Gasteiger partial charge >= 0.3 is 0 Å². The molecule has 0 N–H and O–H groups in total. The van der Waals surface area contributed by atoms with E-state index in [0.717, 1.165) is 30.1 Å². The van der Waals surface area contributed by atoms with Gasteiger partial charge in [0.1, 0.15) is 17.6 Å². The summed E-state index contributed by atoms with van der Waals surface area (Å²) in [4.78, 5) is 7.76. The Morgan fingerprint density at radius 1 is 0.818 bits per heavy atom. The van der Waals surface area contributed by atoms with Crippen LogP contribution in [0.2, 0.25) is 0 Å². The monoisotopic (exact) mass is 587 g/mol. The molecule has 3 atom stereocenters. The van der Waals surface area contributed by atoms with Gasteiger partial charge < -0.3 is 4.74 Å². The molecular formula is C41H33NOS. The zero-order chi connectivity index (χ0) is 29.4. The lowest BCUT2D eigenvalue weighted by atomic mass is 9.63. The number of allylic oxidation sites excluding steroid dienone is 9. The molecule has 214 valence electrons. The molecule has 0 amide bonds. The normalized spacial score (nSPS) is 23.8. The van der Waals surface area contributed by atoms with Gasteiger partial charge in [-0.3, -0.25) is 4.99 Å². The summed E-state index contributed by atoms with van der Waals surface area (Å²) < 4.78 is 6.77. The molecule has 1 aromatic heterocycles. The van der Waals surface area contributed by atoms with E-state index in [1.165, 1.54) is 54.3 Å². The van der Waals surface area contributed by atoms with Gasteiger partial charge in [0, 0.05) is 27.3 Å². The molecule has 3 aliphatic carbocycles. The standard InChI is InChI=1S/C41H33NOS/c1-25-10-9-11-27(22-25)35-18-19-36(42-35)40-21-20-39(44-40)30-24-34-38(23-26(30)2)43-37-17-8-7-16-33(37)41(34)31-14-5-3-12-28(31)29-13-4-6-15-32(29)41/h3-9,11-22,24-26,36H,10,23H2,1-2H3/t25?,26-,36?/m0/s1. The largest absolute Gasteiger partial charge is 0.461 e. The number of fused-ring (bicyclic) bond motifs is 8. The minimum atomic E-state index is -0.408. The molecule has 3 aromatic carbocycles. The minimum absolute atomic E-state index is 0.0781. The number of hydrogen-bond acceptors (Lipinski definition) is 3. The Kier molecular flexibility index (Phi) is 5.77. The molecule has 0 saturated heterocycles. The van der Waals surface area contributed by atoms with Crippen LogP contribution < -0.4 is 4.74 Å². The molecule has 5 aliphatic rings. The van der Waals surface area contributed by atoms with E-state index in [9.17, 15) is 0 Å². The maximum absolute atomic E-state index is 6.77. The molecule has 0 fully saturated rings. The van der Waals surface area contributed by atoms with Crippen LogP contribution in [0.5, 0.6) is 5.75 Å². The lowest BCUT2D eigenvalue weighted by molar-refractivity contribution is 0.351. The molecule has 2 nitrogen and oxygen atoms in total. The molecule has 3 heteroatoms. The summed E-state index contributed by atoms with van der Waals surface area (Å²) in [6.07, 6.45) is 15.8. The van der Waals surface area contributed by atoms with Crippen LogP contribution in [-0.2, 0) is 5.41 Å². The van der Waals surface area contributed by atoms with Gasteiger partial charge in [0.15, 0.2) is 0 Å². The first-order valence-electron chi connectivity index (χ1n) is 15.8. The van der Waals surface area contributed by atoms with E-state index in [1.807, 2.05) is 11.3 Å². The maximum Gasteiger partial charge on any atom is 0.131 e. The summed E-state index contributed by atoms with van der Waals surface area (Å²) in [6.45, 7) is 4.62. The highest BCUT2D eigenvalue weighted by atomic mass is 32.1. The van der Waals surface area contributed by atoms with Crippen molar-refractivity contribution in [1.82, 2.24) is 0 Å². The molecular weight excluding hydrogens is 555 g/mol. The second kappa shape index (κ2) is 9.77. The van der Waals surface area contributed by atoms with Crippen LogP contribution in [0.4, 0.5) is 0 Å². The van der Waals surface area contributed by atoms with Crippen LogP contribution in [0.1, 0.15) is 59.2 Å². The molecule has 4 aromatic rings. The van der Waals surface area contributed by atoms with Crippen LogP contribution in [0.15, 0.2) is 143 Å². The fourth-order valence-electron chi connectivity index (χ4n) is 7.99. The molecule has 9 rings (SSSR count). The number of ether oxygens (including phenoxy) is 1. The Hall–Kier alpha value is -4.47. The van der Waals surface area contributed by atoms with E-state index in [1.54, 1.807) is 0 Å². The molecule has 2 unspecified atom stereocenters. The van der Waals surface area contributed by atoms with Gasteiger partial charge in [-0.1, -0.05) is 105 Å². The zero-order valence-corrected chi connectivity index (χ0v) is 25.8. The van der Waals surface area contributed by atoms with Gasteiger partial charge in [0.05, 0.1) is 11.1 Å². The number of benzene rings is 3. The fourth-order valence-corrected chi connectivity index (χ4v) is 9.14. The van der Waals surface area contributed by atoms with Gasteiger partial charge in [-0.2, -0.15) is 0 Å². The van der Waals surface area contributed by atoms with Crippen molar-refractivity contribution in [2.24, 2.45) is 16.8 Å². The van der Waals surface area contributed by atoms with E-state index in [0.29, 0.717) is 11.8 Å². The van der Waals surface area contributed by atoms with Gasteiger partial charge in [-0.25, -0.2) is 0 Å². The van der Waals surface area contributed by atoms with E-state index < -0.39 is 5.41 Å². The Morgan fingerprint density at radius 2 is 1.55 bits per heavy atom. The molecule has 2 aliphatic heterocycles. The summed E-state index contributed by atoms with van der Waals surface area (Å²) in [7, 11) is 0. The van der Waals surface area contributed by atoms with Crippen molar-refractivity contribution in [3.8, 4) is 16.9 Å². The number of rotatable bonds is 3. The number of hydrogen-bond donors (Lipinski definition) is 0. The quantitative estimate of drug-likeness (QED) is 0.234. The Labute approximate surface area is 263 Å². The van der Waals surface area contributed by atoms with Crippen LogP contribution >= 0.6 is 11.3 Å². The van der Waals surface area contributed by atoms with E-state index >= 15 is 0 Å². The smallest absolute Gasteiger partial charge is 0.131 e. The Morgan fingerprint density at radius 3 is 2.32 bits per heavy atom. The molecule has 0 radical (unpaired) electrons. The lowest BCUT2D eigenvalue weighted by Gasteiger charge is -2.42. The van der Waals surface area contributed by atoms with E-state index in [4.69, 9.17) is 9.73 Å². The highest BCUT2D eigenvalue weighted by Crippen LogP contribution is 2.62. The van der Waals surface area contributed by atoms with Crippen LogP contribution in [0.3, 0.4) is 0 Å². The maximum atomic E-state index is 6.77. The van der Waals surface area contributed by atoms with Crippen molar-refractivity contribution < 1.29 is 4.74 Å². The third kappa shape index (κ3) is 3.69. The highest BCUT2D eigenvalue weighted by molar-refractivity contribution is 7.13. The molecule has 0 bridgehead atoms. The van der Waals surface area contributed by atoms with Crippen molar-refractivity contribution in [2.45, 2.75) is 38.1 Å². The van der Waals surface area contributed by atoms with Crippen molar-refractivity contribution in [1.29, 1.82) is 0 Å². The third-order valence-corrected chi connectivity index (χ3v) is 11.2. The van der Waals surface area contributed by atoms with Crippen LogP contribution in [0.25, 0.3) is 16.7 Å². The fraction of sp³-hybridized carbons (Fsp3) is 0.195. The highest BCUT2D eigenvalue weighted by Gasteiger charge is 2.52. The number of para-hydroxylation sites is 1. The number of thiophene rings is 1. The second-order valence-electron chi connectivity index (χ2n) is 12.7. The third-order valence-electron chi connectivity index (χ3n) is 9.99. The summed E-state index contributed by atoms with van der Waals surface area (Å²) in [5.74, 6) is 2.97. The SMILES string of the molecule is CC1C=C(C2=NC(c3ccc(C4=CC5=C(C[C@@H]4C)Oc4ccccc4C54c5ccccc5-c5ccccc54)s3)C=C2)C=CC1. The van der Waals surface area contributed by atoms with Gasteiger partial charge in [-0.05, 0) is 82.0 Å². The topological polar surface area (TPSA) is 21.6 Å². The summed E-state index contributed by atoms with van der Waals surface area (Å²) in [5.41, 5.74) is 11.2. The predicted molar refractivity (Wildman–Crippen MR) is 182 cm³/mol. The van der Waals surface area contributed by atoms with Crippen molar-refractivity contribution in [3.05, 3.63) is 165 Å². The predicted octanol–water partition coefficient (Wildman–Crippen LogP) is 10.4. The Balaban J connectivity index is 1.17. The number of nitrogens with zero attached hydrogens (tertiary/aromatic N) is 1. The van der Waals surface area contributed by atoms with Gasteiger partial charge in [0.2, 0.25) is 0 Å². The molecule has 3 heterocycles. The van der Waals surface area contributed by atoms with Crippen molar-refractivity contribution in [2.75, 3.05) is 0 Å². The first-order chi connectivity index (χ1) is 21.6. The van der Waals surface area contributed by atoms with Crippen molar-refractivity contribution in [3.63, 3.8) is 0 Å². The summed E-state index contributed by atoms with van der Waals surface area (Å²) >= 11 is 1.89. The second-order valence-corrected chi connectivity index (χ2v) is 13.9.